The Kier molecular flexibility index (Phi) is 4.36. The number of aromatic hydroxyl groups is 1. The van der Waals surface area contributed by atoms with Crippen LogP contribution in [0.5, 0.6) is 17.2 Å². The first kappa shape index (κ1) is 16.8. The number of rotatable bonds is 4. The van der Waals surface area contributed by atoms with Gasteiger partial charge in [-0.1, -0.05) is 36.4 Å². The lowest BCUT2D eigenvalue weighted by molar-refractivity contribution is 0.103. The summed E-state index contributed by atoms with van der Waals surface area (Å²) in [5.41, 5.74) is 1.11. The highest BCUT2D eigenvalue weighted by molar-refractivity contribution is 6.11. The Morgan fingerprint density at radius 3 is 2.64 bits per heavy atom. The van der Waals surface area contributed by atoms with E-state index in [0.29, 0.717) is 17.1 Å². The van der Waals surface area contributed by atoms with Crippen molar-refractivity contribution in [1.29, 1.82) is 0 Å². The SMILES string of the molecule is COc1cc(O)c(C(=O)/C=C/c2ccccc2)c2c1C=CC(C)(C)O2. The number of carbonyl (C=O) groups excluding carboxylic acids is 1. The van der Waals surface area contributed by atoms with Crippen LogP contribution in [0, 0.1) is 0 Å². The number of fused-ring (bicyclic) bond motifs is 1. The summed E-state index contributed by atoms with van der Waals surface area (Å²) in [5, 5.41) is 10.4. The van der Waals surface area contributed by atoms with E-state index >= 15 is 0 Å². The largest absolute Gasteiger partial charge is 0.507 e. The molecule has 0 amide bonds. The molecule has 1 aliphatic heterocycles. The maximum Gasteiger partial charge on any atom is 0.193 e. The van der Waals surface area contributed by atoms with Crippen LogP contribution in [0.4, 0.5) is 0 Å². The van der Waals surface area contributed by atoms with Crippen LogP contribution in [-0.4, -0.2) is 23.6 Å². The van der Waals surface area contributed by atoms with Gasteiger partial charge in [0.25, 0.3) is 0 Å². The Hall–Kier alpha value is -3.01. The van der Waals surface area contributed by atoms with Crippen LogP contribution in [0.25, 0.3) is 12.2 Å². The molecular weight excluding hydrogens is 316 g/mol. The number of ketones is 1. The van der Waals surface area contributed by atoms with Crippen LogP contribution >= 0.6 is 0 Å². The third kappa shape index (κ3) is 3.43. The molecule has 1 heterocycles. The van der Waals surface area contributed by atoms with E-state index in [-0.39, 0.29) is 17.1 Å². The van der Waals surface area contributed by atoms with Crippen LogP contribution < -0.4 is 9.47 Å². The fourth-order valence-corrected chi connectivity index (χ4v) is 2.71. The zero-order valence-electron chi connectivity index (χ0n) is 14.4. The number of hydrogen-bond acceptors (Lipinski definition) is 4. The number of hydrogen-bond donors (Lipinski definition) is 1. The number of carbonyl (C=O) groups is 1. The van der Waals surface area contributed by atoms with Crippen LogP contribution in [0.1, 0.15) is 35.3 Å². The zero-order chi connectivity index (χ0) is 18.0. The molecule has 128 valence electrons. The Morgan fingerprint density at radius 2 is 1.96 bits per heavy atom. The first-order valence-electron chi connectivity index (χ1n) is 8.01. The molecule has 0 saturated carbocycles. The highest BCUT2D eigenvalue weighted by Crippen LogP contribution is 2.44. The molecule has 0 aliphatic carbocycles. The van der Waals surface area contributed by atoms with Crippen molar-refractivity contribution in [2.45, 2.75) is 19.4 Å². The van der Waals surface area contributed by atoms with Gasteiger partial charge in [-0.3, -0.25) is 4.79 Å². The van der Waals surface area contributed by atoms with Crippen molar-refractivity contribution in [3.05, 3.63) is 65.2 Å². The smallest absolute Gasteiger partial charge is 0.193 e. The molecule has 2 aromatic carbocycles. The van der Waals surface area contributed by atoms with Crippen LogP contribution in [0.2, 0.25) is 0 Å². The molecule has 25 heavy (non-hydrogen) atoms. The van der Waals surface area contributed by atoms with Gasteiger partial charge in [0.15, 0.2) is 5.78 Å². The van der Waals surface area contributed by atoms with E-state index in [1.54, 1.807) is 6.08 Å². The van der Waals surface area contributed by atoms with Crippen molar-refractivity contribution >= 4 is 17.9 Å². The third-order valence-corrected chi connectivity index (χ3v) is 3.97. The molecule has 2 aromatic rings. The van der Waals surface area contributed by atoms with Crippen molar-refractivity contribution < 1.29 is 19.4 Å². The average Bonchev–Trinajstić information content (AvgIpc) is 2.59. The van der Waals surface area contributed by atoms with Crippen LogP contribution in [0.3, 0.4) is 0 Å². The van der Waals surface area contributed by atoms with Gasteiger partial charge in [0, 0.05) is 6.07 Å². The lowest BCUT2D eigenvalue weighted by Crippen LogP contribution is -2.28. The lowest BCUT2D eigenvalue weighted by Gasteiger charge is -2.30. The molecule has 1 N–H and O–H groups in total. The summed E-state index contributed by atoms with van der Waals surface area (Å²) in [6.45, 7) is 3.77. The van der Waals surface area contributed by atoms with E-state index in [1.165, 1.54) is 19.3 Å². The molecule has 0 saturated heterocycles. The summed E-state index contributed by atoms with van der Waals surface area (Å²) >= 11 is 0. The van der Waals surface area contributed by atoms with Gasteiger partial charge >= 0.3 is 0 Å². The number of allylic oxidation sites excluding steroid dienone is 1. The van der Waals surface area contributed by atoms with Gasteiger partial charge in [0.05, 0.1) is 12.7 Å². The molecule has 0 aromatic heterocycles. The average molecular weight is 336 g/mol. The van der Waals surface area contributed by atoms with Gasteiger partial charge in [0.2, 0.25) is 0 Å². The standard InChI is InChI=1S/C21H20O4/c1-21(2)12-11-15-18(24-3)13-17(23)19(20(15)25-21)16(22)10-9-14-7-5-4-6-8-14/h4-13,23H,1-3H3/b10-9+. The normalized spacial score (nSPS) is 14.8. The molecule has 0 unspecified atom stereocenters. The summed E-state index contributed by atoms with van der Waals surface area (Å²) in [4.78, 5) is 12.7. The third-order valence-electron chi connectivity index (χ3n) is 3.97. The van der Waals surface area contributed by atoms with E-state index in [4.69, 9.17) is 9.47 Å². The van der Waals surface area contributed by atoms with Crippen LogP contribution in [-0.2, 0) is 0 Å². The molecule has 0 radical (unpaired) electrons. The fourth-order valence-electron chi connectivity index (χ4n) is 2.71. The summed E-state index contributed by atoms with van der Waals surface area (Å²) in [6, 6.07) is 10.9. The molecule has 4 heteroatoms. The van der Waals surface area contributed by atoms with E-state index in [9.17, 15) is 9.90 Å². The lowest BCUT2D eigenvalue weighted by atomic mass is 9.96. The summed E-state index contributed by atoms with van der Waals surface area (Å²) < 4.78 is 11.3. The molecule has 1 aliphatic rings. The first-order valence-corrected chi connectivity index (χ1v) is 8.01. The van der Waals surface area contributed by atoms with Crippen molar-refractivity contribution in [3.63, 3.8) is 0 Å². The Balaban J connectivity index is 2.06. The second-order valence-corrected chi connectivity index (χ2v) is 6.36. The van der Waals surface area contributed by atoms with Gasteiger partial charge < -0.3 is 14.6 Å². The Labute approximate surface area is 147 Å². The molecule has 3 rings (SSSR count). The van der Waals surface area contributed by atoms with Gasteiger partial charge in [-0.25, -0.2) is 0 Å². The Morgan fingerprint density at radius 1 is 1.24 bits per heavy atom. The maximum atomic E-state index is 12.7. The molecular formula is C21H20O4. The van der Waals surface area contributed by atoms with Gasteiger partial charge in [-0.15, -0.1) is 0 Å². The van der Waals surface area contributed by atoms with E-state index < -0.39 is 5.60 Å². The van der Waals surface area contributed by atoms with Crippen molar-refractivity contribution in [1.82, 2.24) is 0 Å². The number of phenolic OH excluding ortho intramolecular Hbond substituents is 1. The number of benzene rings is 2. The molecule has 0 fully saturated rings. The monoisotopic (exact) mass is 336 g/mol. The van der Waals surface area contributed by atoms with Crippen molar-refractivity contribution in [2.24, 2.45) is 0 Å². The molecule has 4 nitrogen and oxygen atoms in total. The van der Waals surface area contributed by atoms with Gasteiger partial charge in [0.1, 0.15) is 28.4 Å². The summed E-state index contributed by atoms with van der Waals surface area (Å²) in [6.07, 6.45) is 6.89. The molecule has 0 bridgehead atoms. The predicted molar refractivity (Wildman–Crippen MR) is 98.2 cm³/mol. The summed E-state index contributed by atoms with van der Waals surface area (Å²) in [7, 11) is 1.51. The molecule has 0 spiro atoms. The maximum absolute atomic E-state index is 12.7. The van der Waals surface area contributed by atoms with Gasteiger partial charge in [-0.2, -0.15) is 0 Å². The first-order chi connectivity index (χ1) is 11.9. The minimum absolute atomic E-state index is 0.139. The van der Waals surface area contributed by atoms with E-state index in [2.05, 4.69) is 0 Å². The van der Waals surface area contributed by atoms with Crippen molar-refractivity contribution in [2.75, 3.05) is 7.11 Å². The fraction of sp³-hybridized carbons (Fsp3) is 0.190. The quantitative estimate of drug-likeness (QED) is 0.660. The zero-order valence-corrected chi connectivity index (χ0v) is 14.4. The molecule has 0 atom stereocenters. The van der Waals surface area contributed by atoms with E-state index in [1.807, 2.05) is 56.3 Å². The van der Waals surface area contributed by atoms with Gasteiger partial charge in [-0.05, 0) is 37.6 Å². The second-order valence-electron chi connectivity index (χ2n) is 6.36. The van der Waals surface area contributed by atoms with Crippen molar-refractivity contribution in [3.8, 4) is 17.2 Å². The minimum Gasteiger partial charge on any atom is -0.507 e. The van der Waals surface area contributed by atoms with Crippen LogP contribution in [0.15, 0.2) is 48.6 Å². The number of methoxy groups -OCH3 is 1. The predicted octanol–water partition coefficient (Wildman–Crippen LogP) is 4.48. The number of ether oxygens (including phenoxy) is 2. The number of phenols is 1. The second kappa shape index (κ2) is 6.48. The highest BCUT2D eigenvalue weighted by atomic mass is 16.5. The van der Waals surface area contributed by atoms with E-state index in [0.717, 1.165) is 5.56 Å². The minimum atomic E-state index is -0.579. The summed E-state index contributed by atoms with van der Waals surface area (Å²) in [5.74, 6) is 0.311. The Bertz CT molecular complexity index is 861. The topological polar surface area (TPSA) is 55.8 Å². The highest BCUT2D eigenvalue weighted by Gasteiger charge is 2.30.